The molecule has 13 heteroatoms. The van der Waals surface area contributed by atoms with Crippen LogP contribution in [0.3, 0.4) is 0 Å². The van der Waals surface area contributed by atoms with E-state index in [1.807, 2.05) is 44.2 Å². The maximum Gasteiger partial charge on any atom is 0.243 e. The minimum atomic E-state index is -4.08. The van der Waals surface area contributed by atoms with E-state index in [1.54, 1.807) is 32.9 Å². The van der Waals surface area contributed by atoms with Gasteiger partial charge in [0.2, 0.25) is 21.8 Å². The van der Waals surface area contributed by atoms with Crippen LogP contribution >= 0.6 is 0 Å². The van der Waals surface area contributed by atoms with Crippen molar-refractivity contribution in [1.82, 2.24) is 20.3 Å². The number of sulfonamides is 1. The van der Waals surface area contributed by atoms with Crippen molar-refractivity contribution in [3.8, 4) is 0 Å². The van der Waals surface area contributed by atoms with Crippen LogP contribution in [-0.2, 0) is 39.1 Å². The number of aliphatic hydroxyl groups excluding tert-OH is 1. The Morgan fingerprint density at radius 2 is 1.55 bits per heavy atom. The highest BCUT2D eigenvalue weighted by Crippen LogP contribution is 2.22. The lowest BCUT2D eigenvalue weighted by molar-refractivity contribution is -0.132. The molecular formula is C36H48FN5O6S. The Balaban J connectivity index is 1.81. The topological polar surface area (TPSA) is 157 Å². The summed E-state index contributed by atoms with van der Waals surface area (Å²) in [5, 5.41) is 23.1. The summed E-state index contributed by atoms with van der Waals surface area (Å²) < 4.78 is 42.3. The predicted molar refractivity (Wildman–Crippen MR) is 187 cm³/mol. The molecule has 4 N–H and O–H groups in total. The Labute approximate surface area is 288 Å². The van der Waals surface area contributed by atoms with Crippen LogP contribution in [0.15, 0.2) is 88.9 Å². The molecule has 0 unspecified atom stereocenters. The van der Waals surface area contributed by atoms with Crippen molar-refractivity contribution in [2.75, 3.05) is 19.6 Å². The molecule has 0 saturated heterocycles. The first kappa shape index (κ1) is 39.4. The summed E-state index contributed by atoms with van der Waals surface area (Å²) in [4.78, 5) is 37.5. The van der Waals surface area contributed by atoms with Gasteiger partial charge in [0, 0.05) is 19.6 Å². The molecule has 0 aliphatic rings. The fourth-order valence-corrected chi connectivity index (χ4v) is 6.90. The third-order valence-electron chi connectivity index (χ3n) is 7.80. The predicted octanol–water partition coefficient (Wildman–Crippen LogP) is 4.15. The molecule has 0 aromatic heterocycles. The lowest BCUT2D eigenvalue weighted by Gasteiger charge is -2.34. The molecule has 0 fully saturated rings. The normalized spacial score (nSPS) is 13.9. The molecule has 3 aromatic rings. The number of nitroso groups, excluding NO2 is 1. The van der Waals surface area contributed by atoms with Crippen LogP contribution in [-0.4, -0.2) is 67.5 Å². The molecule has 0 spiro atoms. The lowest BCUT2D eigenvalue weighted by atomic mass is 9.85. The van der Waals surface area contributed by atoms with Crippen molar-refractivity contribution >= 4 is 21.8 Å². The molecule has 266 valence electrons. The van der Waals surface area contributed by atoms with Gasteiger partial charge in [0.05, 0.1) is 23.6 Å². The third kappa shape index (κ3) is 12.4. The molecule has 49 heavy (non-hydrogen) atoms. The van der Waals surface area contributed by atoms with Crippen LogP contribution in [0.25, 0.3) is 0 Å². The standard InChI is InChI=1S/C36H48FN5O6S/c1-25(2)23-42(49(47,48)30-16-14-27(15-17-30)21-39-46)24-32(43)31(19-26-10-7-6-8-11-26)40-35(45)34(36(3,4)5)41-33(44)22-38-20-28-12-9-13-29(37)18-28/h6-18,25,31-32,34,38,43H,19-24H2,1-5H3,(H,40,45)(H,41,44)/t31-,32+,34-/m0/s1. The van der Waals surface area contributed by atoms with Crippen LogP contribution in [0.5, 0.6) is 0 Å². The summed E-state index contributed by atoms with van der Waals surface area (Å²) in [5.41, 5.74) is 1.31. The van der Waals surface area contributed by atoms with Crippen LogP contribution in [0.1, 0.15) is 51.3 Å². The number of carbonyl (C=O) groups excluding carboxylic acids is 2. The molecular weight excluding hydrogens is 649 g/mol. The SMILES string of the molecule is CC(C)CN(C[C@@H](O)[C@H](Cc1ccccc1)NC(=O)[C@H](NC(=O)CNCc1cccc(F)c1)C(C)(C)C)S(=O)(=O)c1ccc(CN=O)cc1. The fourth-order valence-electron chi connectivity index (χ4n) is 5.28. The number of nitrogens with zero attached hydrogens (tertiary/aromatic N) is 2. The summed E-state index contributed by atoms with van der Waals surface area (Å²) in [7, 11) is -4.08. The highest BCUT2D eigenvalue weighted by molar-refractivity contribution is 7.89. The zero-order valence-electron chi connectivity index (χ0n) is 28.7. The minimum absolute atomic E-state index is 0.000149. The van der Waals surface area contributed by atoms with Crippen molar-refractivity contribution < 1.29 is 27.5 Å². The number of carbonyl (C=O) groups is 2. The molecule has 3 aromatic carbocycles. The zero-order valence-corrected chi connectivity index (χ0v) is 29.5. The van der Waals surface area contributed by atoms with Gasteiger partial charge >= 0.3 is 0 Å². The maximum absolute atomic E-state index is 13.9. The second kappa shape index (κ2) is 18.1. The molecule has 0 bridgehead atoms. The Morgan fingerprint density at radius 1 is 0.898 bits per heavy atom. The van der Waals surface area contributed by atoms with Gasteiger partial charge in [0.25, 0.3) is 0 Å². The number of halogens is 1. The van der Waals surface area contributed by atoms with Crippen molar-refractivity contribution in [2.45, 2.75) is 77.2 Å². The minimum Gasteiger partial charge on any atom is -0.390 e. The largest absolute Gasteiger partial charge is 0.390 e. The summed E-state index contributed by atoms with van der Waals surface area (Å²) in [6.07, 6.45) is -1.14. The lowest BCUT2D eigenvalue weighted by Crippen LogP contribution is -2.59. The molecule has 3 atom stereocenters. The Morgan fingerprint density at radius 3 is 2.14 bits per heavy atom. The number of nitrogens with one attached hydrogen (secondary N) is 3. The second-order valence-electron chi connectivity index (χ2n) is 13.6. The Hall–Kier alpha value is -4.04. The Kier molecular flexibility index (Phi) is 14.5. The maximum atomic E-state index is 13.9. The van der Waals surface area contributed by atoms with Crippen molar-refractivity contribution in [3.05, 3.63) is 106 Å². The van der Waals surface area contributed by atoms with Crippen molar-refractivity contribution in [2.24, 2.45) is 16.5 Å². The van der Waals surface area contributed by atoms with Gasteiger partial charge in [-0.2, -0.15) is 9.21 Å². The Bertz CT molecular complexity index is 1630. The van der Waals surface area contributed by atoms with E-state index in [9.17, 15) is 32.4 Å². The monoisotopic (exact) mass is 697 g/mol. The van der Waals surface area contributed by atoms with E-state index in [1.165, 1.54) is 40.7 Å². The number of rotatable bonds is 18. The van der Waals surface area contributed by atoms with Crippen LogP contribution in [0, 0.1) is 22.1 Å². The van der Waals surface area contributed by atoms with Gasteiger partial charge in [-0.3, -0.25) is 9.59 Å². The number of benzene rings is 3. The average Bonchev–Trinajstić information content (AvgIpc) is 3.03. The number of hydrogen-bond donors (Lipinski definition) is 4. The van der Waals surface area contributed by atoms with Gasteiger partial charge in [-0.1, -0.05) is 94.4 Å². The van der Waals surface area contributed by atoms with E-state index in [2.05, 4.69) is 21.1 Å². The summed E-state index contributed by atoms with van der Waals surface area (Å²) in [6.45, 7) is 8.95. The fraction of sp³-hybridized carbons (Fsp3) is 0.444. The first-order chi connectivity index (χ1) is 23.1. The van der Waals surface area contributed by atoms with Crippen LogP contribution < -0.4 is 16.0 Å². The molecule has 0 aliphatic carbocycles. The molecule has 0 saturated carbocycles. The van der Waals surface area contributed by atoms with E-state index >= 15 is 0 Å². The summed E-state index contributed by atoms with van der Waals surface area (Å²) in [5.74, 6) is -1.45. The van der Waals surface area contributed by atoms with Gasteiger partial charge < -0.3 is 21.1 Å². The number of hydrogen-bond acceptors (Lipinski definition) is 8. The van der Waals surface area contributed by atoms with E-state index in [0.29, 0.717) is 11.1 Å². The van der Waals surface area contributed by atoms with Gasteiger partial charge in [-0.05, 0) is 58.7 Å². The highest BCUT2D eigenvalue weighted by Gasteiger charge is 2.36. The highest BCUT2D eigenvalue weighted by atomic mass is 32.2. The van der Waals surface area contributed by atoms with Crippen molar-refractivity contribution in [1.29, 1.82) is 0 Å². The number of aliphatic hydroxyl groups is 1. The average molecular weight is 698 g/mol. The molecule has 0 aliphatic heterocycles. The van der Waals surface area contributed by atoms with E-state index < -0.39 is 45.4 Å². The van der Waals surface area contributed by atoms with E-state index in [-0.39, 0.29) is 55.8 Å². The molecule has 0 heterocycles. The van der Waals surface area contributed by atoms with Crippen molar-refractivity contribution in [3.63, 3.8) is 0 Å². The van der Waals surface area contributed by atoms with E-state index in [4.69, 9.17) is 0 Å². The van der Waals surface area contributed by atoms with Gasteiger partial charge in [-0.25, -0.2) is 12.8 Å². The van der Waals surface area contributed by atoms with E-state index in [0.717, 1.165) is 5.56 Å². The molecule has 2 amide bonds. The zero-order chi connectivity index (χ0) is 36.2. The number of amides is 2. The van der Waals surface area contributed by atoms with Gasteiger partial charge in [0.1, 0.15) is 18.4 Å². The smallest absolute Gasteiger partial charge is 0.243 e. The second-order valence-corrected chi connectivity index (χ2v) is 15.6. The molecule has 3 rings (SSSR count). The van der Waals surface area contributed by atoms with Crippen LogP contribution in [0.2, 0.25) is 0 Å². The molecule has 11 nitrogen and oxygen atoms in total. The third-order valence-corrected chi connectivity index (χ3v) is 9.64. The van der Waals surface area contributed by atoms with Gasteiger partial charge in [0.15, 0.2) is 0 Å². The van der Waals surface area contributed by atoms with Crippen LogP contribution in [0.4, 0.5) is 4.39 Å². The molecule has 0 radical (unpaired) electrons. The quantitative estimate of drug-likeness (QED) is 0.146. The first-order valence-corrected chi connectivity index (χ1v) is 17.7. The van der Waals surface area contributed by atoms with Gasteiger partial charge in [-0.15, -0.1) is 0 Å². The summed E-state index contributed by atoms with van der Waals surface area (Å²) >= 11 is 0. The summed E-state index contributed by atoms with van der Waals surface area (Å²) in [6, 6.07) is 19.1. The first-order valence-electron chi connectivity index (χ1n) is 16.2.